The summed E-state index contributed by atoms with van der Waals surface area (Å²) in [4.78, 5) is 12.9. The topological polar surface area (TPSA) is 57.7 Å². The van der Waals surface area contributed by atoms with E-state index >= 15 is 0 Å². The molecule has 0 aliphatic carbocycles. The number of fused-ring (bicyclic) bond motifs is 3. The Morgan fingerprint density at radius 2 is 1.70 bits per heavy atom. The van der Waals surface area contributed by atoms with Gasteiger partial charge in [0.15, 0.2) is 0 Å². The summed E-state index contributed by atoms with van der Waals surface area (Å²) >= 11 is 6.03. The Kier molecular flexibility index (Phi) is 5.71. The van der Waals surface area contributed by atoms with Gasteiger partial charge in [0.05, 0.1) is 6.04 Å². The van der Waals surface area contributed by atoms with Gasteiger partial charge in [-0.25, -0.2) is 4.98 Å². The number of anilines is 1. The molecule has 0 amide bonds. The number of hydrogen-bond acceptors (Lipinski definition) is 4. The Balaban J connectivity index is 1.88. The highest BCUT2D eigenvalue weighted by Gasteiger charge is 2.43. The lowest BCUT2D eigenvalue weighted by Crippen LogP contribution is -2.37. The maximum absolute atomic E-state index is 13.2. The summed E-state index contributed by atoms with van der Waals surface area (Å²) in [6.07, 6.45) is -12.3. The molecule has 0 spiro atoms. The average molecular weight is 498 g/mol. The van der Waals surface area contributed by atoms with E-state index in [-0.39, 0.29) is 13.0 Å². The molecule has 5 nitrogen and oxygen atoms in total. The van der Waals surface area contributed by atoms with Gasteiger partial charge in [-0.1, -0.05) is 11.6 Å². The summed E-state index contributed by atoms with van der Waals surface area (Å²) in [5.41, 5.74) is 1.60. The standard InChI is InChI=1S/C19H12ClF8N5/c20-8-1-2-11-10(7-8)9-5-6-33(12(14(9)29-11)3-4-13(21)22)17-31-15(18(23,24)25)30-16(32-17)19(26,27)28/h1-2,4,7,12,29H,3,5-6H2. The SMILES string of the molecule is FC(F)=CCC1c2[nH]c3ccc(Cl)cc3c2CCN1c1nc(C(F)(F)F)nc(C(F)(F)F)n1. The molecule has 0 radical (unpaired) electrons. The molecule has 4 rings (SSSR count). The van der Waals surface area contributed by atoms with Gasteiger partial charge in [-0.2, -0.15) is 45.1 Å². The third-order valence-corrected chi connectivity index (χ3v) is 5.33. The maximum Gasteiger partial charge on any atom is 0.451 e. The highest BCUT2D eigenvalue weighted by Crippen LogP contribution is 2.40. The van der Waals surface area contributed by atoms with Crippen molar-refractivity contribution in [3.8, 4) is 0 Å². The molecule has 0 saturated carbocycles. The van der Waals surface area contributed by atoms with Crippen molar-refractivity contribution < 1.29 is 35.1 Å². The number of H-pyrrole nitrogens is 1. The second kappa shape index (κ2) is 8.12. The first kappa shape index (κ1) is 23.2. The molecule has 176 valence electrons. The molecule has 1 atom stereocenters. The van der Waals surface area contributed by atoms with Gasteiger partial charge < -0.3 is 9.88 Å². The number of aromatic amines is 1. The van der Waals surface area contributed by atoms with Crippen LogP contribution in [0.1, 0.15) is 35.4 Å². The lowest BCUT2D eigenvalue weighted by atomic mass is 9.95. The van der Waals surface area contributed by atoms with Gasteiger partial charge in [-0.15, -0.1) is 0 Å². The van der Waals surface area contributed by atoms with E-state index in [9.17, 15) is 35.1 Å². The fourth-order valence-electron chi connectivity index (χ4n) is 3.77. The molecule has 0 saturated heterocycles. The highest BCUT2D eigenvalue weighted by atomic mass is 35.5. The number of hydrogen-bond donors (Lipinski definition) is 1. The number of rotatable bonds is 3. The normalized spacial score (nSPS) is 16.8. The van der Waals surface area contributed by atoms with Gasteiger partial charge in [0, 0.05) is 28.2 Å². The second-order valence-corrected chi connectivity index (χ2v) is 7.61. The molecule has 2 aromatic heterocycles. The summed E-state index contributed by atoms with van der Waals surface area (Å²) in [5, 5.41) is 1.08. The van der Waals surface area contributed by atoms with Crippen molar-refractivity contribution in [1.82, 2.24) is 19.9 Å². The Bertz CT molecular complexity index is 1200. The number of benzene rings is 1. The molecule has 0 fully saturated rings. The molecule has 1 aromatic carbocycles. The minimum atomic E-state index is -5.28. The monoisotopic (exact) mass is 497 g/mol. The van der Waals surface area contributed by atoms with Gasteiger partial charge in [0.2, 0.25) is 17.6 Å². The van der Waals surface area contributed by atoms with E-state index in [1.165, 1.54) is 0 Å². The fourth-order valence-corrected chi connectivity index (χ4v) is 3.94. The predicted octanol–water partition coefficient (Wildman–Crippen LogP) is 6.32. The third kappa shape index (κ3) is 4.59. The van der Waals surface area contributed by atoms with E-state index in [4.69, 9.17) is 11.6 Å². The first-order valence-electron chi connectivity index (χ1n) is 9.33. The van der Waals surface area contributed by atoms with E-state index in [1.807, 2.05) is 0 Å². The summed E-state index contributed by atoms with van der Waals surface area (Å²) in [6, 6.07) is 3.76. The zero-order valence-electron chi connectivity index (χ0n) is 16.2. The summed E-state index contributed by atoms with van der Waals surface area (Å²) in [6.45, 7) is -0.127. The first-order valence-corrected chi connectivity index (χ1v) is 9.70. The zero-order valence-corrected chi connectivity index (χ0v) is 17.0. The Morgan fingerprint density at radius 3 is 2.27 bits per heavy atom. The van der Waals surface area contributed by atoms with Gasteiger partial charge >= 0.3 is 12.4 Å². The van der Waals surface area contributed by atoms with Crippen molar-refractivity contribution in [3.63, 3.8) is 0 Å². The van der Waals surface area contributed by atoms with Crippen molar-refractivity contribution in [3.05, 3.63) is 58.3 Å². The first-order chi connectivity index (χ1) is 15.3. The number of nitrogens with zero attached hydrogens (tertiary/aromatic N) is 4. The molecule has 14 heteroatoms. The van der Waals surface area contributed by atoms with Crippen LogP contribution in [0.5, 0.6) is 0 Å². The van der Waals surface area contributed by atoms with Crippen LogP contribution >= 0.6 is 11.6 Å². The molecule has 1 N–H and O–H groups in total. The molecule has 1 aliphatic heterocycles. The summed E-state index contributed by atoms with van der Waals surface area (Å²) in [7, 11) is 0. The second-order valence-electron chi connectivity index (χ2n) is 7.17. The summed E-state index contributed by atoms with van der Waals surface area (Å²) in [5.74, 6) is -4.97. The van der Waals surface area contributed by atoms with Gasteiger partial charge in [0.1, 0.15) is 0 Å². The molecule has 1 unspecified atom stereocenters. The van der Waals surface area contributed by atoms with Gasteiger partial charge in [-0.3, -0.25) is 0 Å². The molecular weight excluding hydrogens is 486 g/mol. The van der Waals surface area contributed by atoms with Crippen LogP contribution in [0.4, 0.5) is 41.1 Å². The number of alkyl halides is 6. The van der Waals surface area contributed by atoms with Crippen LogP contribution in [0.2, 0.25) is 5.02 Å². The van der Waals surface area contributed by atoms with Crippen molar-refractivity contribution in [2.24, 2.45) is 0 Å². The van der Waals surface area contributed by atoms with Crippen molar-refractivity contribution in [2.75, 3.05) is 11.4 Å². The van der Waals surface area contributed by atoms with E-state index in [0.717, 1.165) is 4.90 Å². The maximum atomic E-state index is 13.2. The van der Waals surface area contributed by atoms with Crippen LogP contribution in [0.3, 0.4) is 0 Å². The smallest absolute Gasteiger partial charge is 0.356 e. The predicted molar refractivity (Wildman–Crippen MR) is 102 cm³/mol. The van der Waals surface area contributed by atoms with Crippen molar-refractivity contribution in [2.45, 2.75) is 31.2 Å². The number of nitrogens with one attached hydrogen (secondary N) is 1. The largest absolute Gasteiger partial charge is 0.451 e. The minimum Gasteiger partial charge on any atom is -0.356 e. The van der Waals surface area contributed by atoms with E-state index < -0.39 is 48.5 Å². The molecule has 1 aliphatic rings. The Labute approximate surface area is 185 Å². The molecule has 33 heavy (non-hydrogen) atoms. The van der Waals surface area contributed by atoms with Crippen LogP contribution in [0.15, 0.2) is 30.4 Å². The van der Waals surface area contributed by atoms with Crippen LogP contribution < -0.4 is 4.90 Å². The van der Waals surface area contributed by atoms with E-state index in [1.54, 1.807) is 18.2 Å². The quantitative estimate of drug-likeness (QED) is 0.430. The highest BCUT2D eigenvalue weighted by molar-refractivity contribution is 6.31. The fraction of sp³-hybridized carbons (Fsp3) is 0.316. The lowest BCUT2D eigenvalue weighted by Gasteiger charge is -2.35. The summed E-state index contributed by atoms with van der Waals surface area (Å²) < 4.78 is 105. The lowest BCUT2D eigenvalue weighted by molar-refractivity contribution is -0.155. The third-order valence-electron chi connectivity index (χ3n) is 5.10. The van der Waals surface area contributed by atoms with Crippen LogP contribution in [-0.2, 0) is 18.8 Å². The van der Waals surface area contributed by atoms with Crippen molar-refractivity contribution in [1.29, 1.82) is 0 Å². The molecule has 0 bridgehead atoms. The Hall–Kier alpha value is -2.96. The number of halogens is 9. The van der Waals surface area contributed by atoms with Gasteiger partial charge in [-0.05, 0) is 42.7 Å². The molecule has 3 aromatic rings. The van der Waals surface area contributed by atoms with Crippen LogP contribution in [0.25, 0.3) is 10.9 Å². The molecule has 3 heterocycles. The van der Waals surface area contributed by atoms with Crippen molar-refractivity contribution >= 4 is 28.5 Å². The van der Waals surface area contributed by atoms with Crippen LogP contribution in [0, 0.1) is 0 Å². The number of aromatic nitrogens is 4. The minimum absolute atomic E-state index is 0.127. The zero-order chi connectivity index (χ0) is 24.1. The van der Waals surface area contributed by atoms with Crippen LogP contribution in [-0.4, -0.2) is 26.5 Å². The van der Waals surface area contributed by atoms with E-state index in [2.05, 4.69) is 19.9 Å². The molecular formula is C19H12ClF8N5. The Morgan fingerprint density at radius 1 is 1.06 bits per heavy atom. The van der Waals surface area contributed by atoms with Gasteiger partial charge in [0.25, 0.3) is 6.08 Å². The van der Waals surface area contributed by atoms with E-state index in [0.29, 0.717) is 33.3 Å². The average Bonchev–Trinajstić information content (AvgIpc) is 3.08.